The van der Waals surface area contributed by atoms with Crippen LogP contribution >= 0.6 is 0 Å². The first-order chi connectivity index (χ1) is 9.36. The molecule has 0 saturated carbocycles. The van der Waals surface area contributed by atoms with Crippen molar-refractivity contribution in [2.75, 3.05) is 14.2 Å². The molecule has 110 valence electrons. The topological polar surface area (TPSA) is 55.8 Å². The minimum Gasteiger partial charge on any atom is -0.493 e. The Hall–Kier alpha value is -1.71. The van der Waals surface area contributed by atoms with Crippen LogP contribution in [-0.4, -0.2) is 25.3 Å². The fraction of sp³-hybridized carbons (Fsp3) is 0.562. The summed E-state index contributed by atoms with van der Waals surface area (Å²) >= 11 is 0. The number of carboxylic acid groups (broad SMARTS) is 1. The molecule has 0 aliphatic heterocycles. The maximum absolute atomic E-state index is 11.1. The van der Waals surface area contributed by atoms with Crippen molar-refractivity contribution in [1.82, 2.24) is 0 Å². The molecule has 0 saturated heterocycles. The molecule has 1 atom stereocenters. The molecule has 4 heteroatoms. The van der Waals surface area contributed by atoms with Gasteiger partial charge in [-0.3, -0.25) is 4.79 Å². The van der Waals surface area contributed by atoms with E-state index in [-0.39, 0.29) is 17.8 Å². The van der Waals surface area contributed by atoms with Gasteiger partial charge < -0.3 is 14.6 Å². The highest BCUT2D eigenvalue weighted by Gasteiger charge is 2.34. The number of fused-ring (bicyclic) bond motifs is 1. The van der Waals surface area contributed by atoms with E-state index >= 15 is 0 Å². The summed E-state index contributed by atoms with van der Waals surface area (Å²) in [7, 11) is 3.22. The predicted molar refractivity (Wildman–Crippen MR) is 76.6 cm³/mol. The van der Waals surface area contributed by atoms with E-state index in [1.807, 2.05) is 12.1 Å². The summed E-state index contributed by atoms with van der Waals surface area (Å²) in [4.78, 5) is 11.1. The maximum atomic E-state index is 11.1. The lowest BCUT2D eigenvalue weighted by molar-refractivity contribution is -0.137. The molecule has 0 bridgehead atoms. The molecule has 1 aliphatic carbocycles. The predicted octanol–water partition coefficient (Wildman–Crippen LogP) is 3.23. The van der Waals surface area contributed by atoms with Crippen LogP contribution in [0.1, 0.15) is 43.7 Å². The summed E-state index contributed by atoms with van der Waals surface area (Å²) in [6.45, 7) is 4.36. The first-order valence-corrected chi connectivity index (χ1v) is 6.83. The average Bonchev–Trinajstić information content (AvgIpc) is 2.35. The normalized spacial score (nSPS) is 20.1. The zero-order valence-electron chi connectivity index (χ0n) is 12.5. The van der Waals surface area contributed by atoms with Crippen molar-refractivity contribution in [1.29, 1.82) is 0 Å². The van der Waals surface area contributed by atoms with Crippen LogP contribution in [0.15, 0.2) is 12.1 Å². The third kappa shape index (κ3) is 2.89. The number of aliphatic carboxylic acids is 1. The van der Waals surface area contributed by atoms with Crippen molar-refractivity contribution < 1.29 is 19.4 Å². The van der Waals surface area contributed by atoms with Gasteiger partial charge in [0.1, 0.15) is 0 Å². The second kappa shape index (κ2) is 5.35. The van der Waals surface area contributed by atoms with Gasteiger partial charge in [-0.05, 0) is 47.4 Å². The second-order valence-corrected chi connectivity index (χ2v) is 6.25. The van der Waals surface area contributed by atoms with E-state index in [2.05, 4.69) is 13.8 Å². The molecular formula is C16H22O4. The largest absolute Gasteiger partial charge is 0.493 e. The quantitative estimate of drug-likeness (QED) is 0.918. The molecule has 1 unspecified atom stereocenters. The number of methoxy groups -OCH3 is 2. The standard InChI is InChI=1S/C16H22O4/c1-16(2)8-10-5-13(19-3)14(20-4)7-12(10)11(9-16)6-15(17)18/h5,7,11H,6,8-9H2,1-4H3,(H,17,18). The molecule has 4 nitrogen and oxygen atoms in total. The van der Waals surface area contributed by atoms with E-state index < -0.39 is 5.97 Å². The van der Waals surface area contributed by atoms with Crippen LogP contribution in [0, 0.1) is 5.41 Å². The zero-order valence-corrected chi connectivity index (χ0v) is 12.5. The second-order valence-electron chi connectivity index (χ2n) is 6.25. The lowest BCUT2D eigenvalue weighted by Gasteiger charge is -2.37. The van der Waals surface area contributed by atoms with Gasteiger partial charge in [-0.15, -0.1) is 0 Å². The van der Waals surface area contributed by atoms with Crippen molar-refractivity contribution in [3.05, 3.63) is 23.3 Å². The fourth-order valence-corrected chi connectivity index (χ4v) is 3.23. The number of rotatable bonds is 4. The van der Waals surface area contributed by atoms with Crippen molar-refractivity contribution >= 4 is 5.97 Å². The maximum Gasteiger partial charge on any atom is 0.303 e. The Morgan fingerprint density at radius 3 is 2.45 bits per heavy atom. The number of carbonyl (C=O) groups is 1. The van der Waals surface area contributed by atoms with Crippen LogP contribution in [0.25, 0.3) is 0 Å². The van der Waals surface area contributed by atoms with E-state index in [1.54, 1.807) is 14.2 Å². The lowest BCUT2D eigenvalue weighted by Crippen LogP contribution is -2.27. The smallest absolute Gasteiger partial charge is 0.303 e. The Balaban J connectivity index is 2.49. The minimum atomic E-state index is -0.756. The third-order valence-electron chi connectivity index (χ3n) is 3.97. The first kappa shape index (κ1) is 14.7. The highest BCUT2D eigenvalue weighted by Crippen LogP contribution is 2.46. The van der Waals surface area contributed by atoms with Gasteiger partial charge in [-0.1, -0.05) is 13.8 Å². The van der Waals surface area contributed by atoms with Crippen LogP contribution < -0.4 is 9.47 Å². The van der Waals surface area contributed by atoms with E-state index in [9.17, 15) is 4.79 Å². The van der Waals surface area contributed by atoms with Gasteiger partial charge in [-0.2, -0.15) is 0 Å². The summed E-state index contributed by atoms with van der Waals surface area (Å²) in [6, 6.07) is 3.93. The van der Waals surface area contributed by atoms with E-state index in [1.165, 1.54) is 5.56 Å². The highest BCUT2D eigenvalue weighted by molar-refractivity contribution is 5.68. The molecule has 20 heavy (non-hydrogen) atoms. The monoisotopic (exact) mass is 278 g/mol. The van der Waals surface area contributed by atoms with Crippen LogP contribution in [-0.2, 0) is 11.2 Å². The van der Waals surface area contributed by atoms with Gasteiger partial charge in [-0.25, -0.2) is 0 Å². The summed E-state index contributed by atoms with van der Waals surface area (Å²) < 4.78 is 10.7. The minimum absolute atomic E-state index is 0.0334. The Bertz CT molecular complexity index is 519. The van der Waals surface area contributed by atoms with Gasteiger partial charge >= 0.3 is 5.97 Å². The Labute approximate surface area is 119 Å². The van der Waals surface area contributed by atoms with Crippen LogP contribution in [0.4, 0.5) is 0 Å². The number of hydrogen-bond acceptors (Lipinski definition) is 3. The van der Waals surface area contributed by atoms with Crippen molar-refractivity contribution in [3.8, 4) is 11.5 Å². The summed E-state index contributed by atoms with van der Waals surface area (Å²) in [5, 5.41) is 9.13. The van der Waals surface area contributed by atoms with E-state index in [0.717, 1.165) is 18.4 Å². The van der Waals surface area contributed by atoms with Crippen LogP contribution in [0.2, 0.25) is 0 Å². The Morgan fingerprint density at radius 1 is 1.30 bits per heavy atom. The number of ether oxygens (including phenoxy) is 2. The number of hydrogen-bond donors (Lipinski definition) is 1. The van der Waals surface area contributed by atoms with Crippen molar-refractivity contribution in [3.63, 3.8) is 0 Å². The van der Waals surface area contributed by atoms with Gasteiger partial charge in [0.05, 0.1) is 20.6 Å². The fourth-order valence-electron chi connectivity index (χ4n) is 3.23. The Kier molecular flexibility index (Phi) is 3.93. The molecule has 0 amide bonds. The molecule has 1 aromatic carbocycles. The highest BCUT2D eigenvalue weighted by atomic mass is 16.5. The lowest BCUT2D eigenvalue weighted by atomic mass is 9.68. The van der Waals surface area contributed by atoms with Gasteiger partial charge in [0.25, 0.3) is 0 Å². The van der Waals surface area contributed by atoms with E-state index in [0.29, 0.717) is 11.5 Å². The molecule has 1 N–H and O–H groups in total. The molecule has 0 heterocycles. The summed E-state index contributed by atoms with van der Waals surface area (Å²) in [5.74, 6) is 0.652. The average molecular weight is 278 g/mol. The third-order valence-corrected chi connectivity index (χ3v) is 3.97. The van der Waals surface area contributed by atoms with Crippen molar-refractivity contribution in [2.45, 2.75) is 39.0 Å². The molecule has 0 aromatic heterocycles. The van der Waals surface area contributed by atoms with Gasteiger partial charge in [0.15, 0.2) is 11.5 Å². The van der Waals surface area contributed by atoms with E-state index in [4.69, 9.17) is 14.6 Å². The molecule has 0 spiro atoms. The first-order valence-electron chi connectivity index (χ1n) is 6.83. The van der Waals surface area contributed by atoms with Crippen LogP contribution in [0.3, 0.4) is 0 Å². The SMILES string of the molecule is COc1cc2c(cc1OC)C(CC(=O)O)CC(C)(C)C2. The Morgan fingerprint density at radius 2 is 1.90 bits per heavy atom. The van der Waals surface area contributed by atoms with Gasteiger partial charge in [0.2, 0.25) is 0 Å². The number of carboxylic acids is 1. The molecule has 2 rings (SSSR count). The molecule has 1 aliphatic rings. The van der Waals surface area contributed by atoms with Crippen LogP contribution in [0.5, 0.6) is 11.5 Å². The molecule has 1 aromatic rings. The summed E-state index contributed by atoms with van der Waals surface area (Å²) in [6.07, 6.45) is 1.96. The molecular weight excluding hydrogens is 256 g/mol. The van der Waals surface area contributed by atoms with Crippen molar-refractivity contribution in [2.24, 2.45) is 5.41 Å². The van der Waals surface area contributed by atoms with Gasteiger partial charge in [0, 0.05) is 0 Å². The summed E-state index contributed by atoms with van der Waals surface area (Å²) in [5.41, 5.74) is 2.36. The number of benzene rings is 1. The molecule has 0 fully saturated rings. The molecule has 0 radical (unpaired) electrons. The zero-order chi connectivity index (χ0) is 14.9.